The monoisotopic (exact) mass is 345 g/mol. The molecule has 0 radical (unpaired) electrons. The van der Waals surface area contributed by atoms with E-state index >= 15 is 0 Å². The molecule has 0 spiro atoms. The van der Waals surface area contributed by atoms with E-state index in [2.05, 4.69) is 33.9 Å². The molecule has 2 aromatic carbocycles. The van der Waals surface area contributed by atoms with Crippen molar-refractivity contribution in [3.05, 3.63) is 66.5 Å². The van der Waals surface area contributed by atoms with Crippen molar-refractivity contribution in [3.8, 4) is 0 Å². The molecule has 1 aliphatic heterocycles. The van der Waals surface area contributed by atoms with E-state index in [1.165, 1.54) is 5.56 Å². The fraction of sp³-hybridized carbons (Fsp3) is 0.238. The first-order valence-corrected chi connectivity index (χ1v) is 8.81. The molecule has 2 aromatic heterocycles. The fourth-order valence-electron chi connectivity index (χ4n) is 3.75. The molecule has 0 amide bonds. The van der Waals surface area contributed by atoms with Crippen molar-refractivity contribution < 1.29 is 9.15 Å². The molecule has 5 heteroatoms. The molecule has 1 atom stereocenters. The van der Waals surface area contributed by atoms with Crippen molar-refractivity contribution in [1.29, 1.82) is 0 Å². The number of morpholine rings is 1. The van der Waals surface area contributed by atoms with Gasteiger partial charge in [0, 0.05) is 11.9 Å². The van der Waals surface area contributed by atoms with Gasteiger partial charge in [0.1, 0.15) is 23.0 Å². The molecular weight excluding hydrogens is 326 g/mol. The van der Waals surface area contributed by atoms with Gasteiger partial charge < -0.3 is 14.1 Å². The minimum atomic E-state index is -0.386. The molecular formula is C21H19N3O2. The topological polar surface area (TPSA) is 51.4 Å². The smallest absolute Gasteiger partial charge is 0.196 e. The van der Waals surface area contributed by atoms with E-state index in [0.29, 0.717) is 13.2 Å². The first-order chi connectivity index (χ1) is 12.7. The van der Waals surface area contributed by atoms with Crippen LogP contribution in [-0.4, -0.2) is 29.7 Å². The Hall–Kier alpha value is -2.92. The number of ether oxygens (including phenoxy) is 1. The Balaban J connectivity index is 1.59. The maximum Gasteiger partial charge on any atom is 0.196 e. The van der Waals surface area contributed by atoms with Gasteiger partial charge in [-0.2, -0.15) is 0 Å². The van der Waals surface area contributed by atoms with Crippen molar-refractivity contribution in [3.63, 3.8) is 0 Å². The third kappa shape index (κ3) is 2.35. The minimum absolute atomic E-state index is 0.386. The molecule has 1 unspecified atom stereocenters. The Labute approximate surface area is 151 Å². The molecule has 0 N–H and O–H groups in total. The molecule has 3 heterocycles. The summed E-state index contributed by atoms with van der Waals surface area (Å²) in [6.45, 7) is 4.24. The molecule has 0 bridgehead atoms. The number of nitrogens with zero attached hydrogens (tertiary/aromatic N) is 3. The van der Waals surface area contributed by atoms with Gasteiger partial charge in [-0.1, -0.05) is 42.5 Å². The molecule has 26 heavy (non-hydrogen) atoms. The third-order valence-electron chi connectivity index (χ3n) is 5.10. The number of aromatic nitrogens is 2. The molecule has 0 aliphatic carbocycles. The number of para-hydroxylation sites is 1. The van der Waals surface area contributed by atoms with Gasteiger partial charge in [-0.05, 0) is 24.6 Å². The van der Waals surface area contributed by atoms with E-state index in [9.17, 15) is 0 Å². The van der Waals surface area contributed by atoms with E-state index in [-0.39, 0.29) is 5.60 Å². The second-order valence-corrected chi connectivity index (χ2v) is 6.84. The lowest BCUT2D eigenvalue weighted by Gasteiger charge is -2.41. The lowest BCUT2D eigenvalue weighted by molar-refractivity contribution is -0.0467. The van der Waals surface area contributed by atoms with Crippen molar-refractivity contribution in [2.45, 2.75) is 12.5 Å². The maximum atomic E-state index is 6.16. The predicted molar refractivity (Wildman–Crippen MR) is 101 cm³/mol. The number of benzene rings is 2. The number of furan rings is 1. The first-order valence-electron chi connectivity index (χ1n) is 8.81. The zero-order valence-corrected chi connectivity index (χ0v) is 14.6. The minimum Gasteiger partial charge on any atom is -0.450 e. The van der Waals surface area contributed by atoms with Crippen molar-refractivity contribution >= 4 is 27.9 Å². The Morgan fingerprint density at radius 1 is 1.00 bits per heavy atom. The molecule has 1 aliphatic rings. The number of fused-ring (bicyclic) bond motifs is 3. The second kappa shape index (κ2) is 5.81. The van der Waals surface area contributed by atoms with Crippen molar-refractivity contribution in [2.24, 2.45) is 0 Å². The molecule has 0 saturated carbocycles. The highest BCUT2D eigenvalue weighted by Gasteiger charge is 2.35. The Morgan fingerprint density at radius 3 is 2.69 bits per heavy atom. The van der Waals surface area contributed by atoms with E-state index in [1.54, 1.807) is 6.33 Å². The second-order valence-electron chi connectivity index (χ2n) is 6.84. The molecule has 1 saturated heterocycles. The number of rotatable bonds is 2. The Kier molecular flexibility index (Phi) is 3.43. The number of hydrogen-bond acceptors (Lipinski definition) is 5. The van der Waals surface area contributed by atoms with Gasteiger partial charge in [-0.15, -0.1) is 0 Å². The quantitative estimate of drug-likeness (QED) is 0.547. The van der Waals surface area contributed by atoms with Crippen LogP contribution in [0.1, 0.15) is 12.5 Å². The maximum absolute atomic E-state index is 6.16. The van der Waals surface area contributed by atoms with Crippen LogP contribution in [0.4, 0.5) is 5.82 Å². The van der Waals surface area contributed by atoms with Crippen LogP contribution in [0, 0.1) is 0 Å². The first kappa shape index (κ1) is 15.3. The van der Waals surface area contributed by atoms with Gasteiger partial charge in [0.2, 0.25) is 0 Å². The van der Waals surface area contributed by atoms with Crippen LogP contribution in [-0.2, 0) is 10.3 Å². The lowest BCUT2D eigenvalue weighted by atomic mass is 9.94. The summed E-state index contributed by atoms with van der Waals surface area (Å²) >= 11 is 0. The highest BCUT2D eigenvalue weighted by Crippen LogP contribution is 2.36. The number of anilines is 1. The number of hydrogen-bond donors (Lipinski definition) is 0. The fourth-order valence-corrected chi connectivity index (χ4v) is 3.75. The highest BCUT2D eigenvalue weighted by molar-refractivity contribution is 6.05. The summed E-state index contributed by atoms with van der Waals surface area (Å²) in [5, 5.41) is 1.02. The van der Waals surface area contributed by atoms with Gasteiger partial charge >= 0.3 is 0 Å². The van der Waals surface area contributed by atoms with Gasteiger partial charge in [0.05, 0.1) is 13.2 Å². The van der Waals surface area contributed by atoms with E-state index in [4.69, 9.17) is 9.15 Å². The van der Waals surface area contributed by atoms with Gasteiger partial charge in [-0.25, -0.2) is 9.97 Å². The van der Waals surface area contributed by atoms with Crippen LogP contribution in [0.5, 0.6) is 0 Å². The zero-order valence-electron chi connectivity index (χ0n) is 14.6. The lowest BCUT2D eigenvalue weighted by Crippen LogP contribution is -2.48. The summed E-state index contributed by atoms with van der Waals surface area (Å²) in [4.78, 5) is 11.2. The molecule has 1 fully saturated rings. The standard InChI is InChI=1S/C21H19N3O2/c1-21(15-7-3-2-4-8-15)13-24(11-12-25-21)20-19-18(22-14-23-20)16-9-5-6-10-17(16)26-19/h2-10,14H,11-13H2,1H3. The largest absolute Gasteiger partial charge is 0.450 e. The van der Waals surface area contributed by atoms with Crippen LogP contribution in [0.15, 0.2) is 65.3 Å². The van der Waals surface area contributed by atoms with Gasteiger partial charge in [0.15, 0.2) is 11.4 Å². The van der Waals surface area contributed by atoms with Gasteiger partial charge in [0.25, 0.3) is 0 Å². The SMILES string of the molecule is CC1(c2ccccc2)CN(c2ncnc3c2oc2ccccc23)CCO1. The van der Waals surface area contributed by atoms with Crippen molar-refractivity contribution in [1.82, 2.24) is 9.97 Å². The third-order valence-corrected chi connectivity index (χ3v) is 5.10. The summed E-state index contributed by atoms with van der Waals surface area (Å²) in [7, 11) is 0. The van der Waals surface area contributed by atoms with Gasteiger partial charge in [-0.3, -0.25) is 0 Å². The Morgan fingerprint density at radius 2 is 1.81 bits per heavy atom. The summed E-state index contributed by atoms with van der Waals surface area (Å²) in [5.41, 5.74) is 3.22. The summed E-state index contributed by atoms with van der Waals surface area (Å²) in [6, 6.07) is 18.3. The summed E-state index contributed by atoms with van der Waals surface area (Å²) in [5.74, 6) is 0.830. The molecule has 5 nitrogen and oxygen atoms in total. The summed E-state index contributed by atoms with van der Waals surface area (Å²) < 4.78 is 12.3. The van der Waals surface area contributed by atoms with E-state index in [1.807, 2.05) is 42.5 Å². The molecule has 130 valence electrons. The highest BCUT2D eigenvalue weighted by atomic mass is 16.5. The summed E-state index contributed by atoms with van der Waals surface area (Å²) in [6.07, 6.45) is 1.62. The van der Waals surface area contributed by atoms with E-state index in [0.717, 1.165) is 34.4 Å². The predicted octanol–water partition coefficient (Wildman–Crippen LogP) is 4.13. The normalized spacial score (nSPS) is 20.7. The van der Waals surface area contributed by atoms with Crippen LogP contribution in [0.25, 0.3) is 22.1 Å². The average molecular weight is 345 g/mol. The van der Waals surface area contributed by atoms with E-state index < -0.39 is 0 Å². The van der Waals surface area contributed by atoms with Crippen LogP contribution < -0.4 is 4.90 Å². The Bertz CT molecular complexity index is 1080. The van der Waals surface area contributed by atoms with Crippen LogP contribution in [0.2, 0.25) is 0 Å². The van der Waals surface area contributed by atoms with Crippen LogP contribution in [0.3, 0.4) is 0 Å². The average Bonchev–Trinajstić information content (AvgIpc) is 3.07. The van der Waals surface area contributed by atoms with Crippen molar-refractivity contribution in [2.75, 3.05) is 24.6 Å². The zero-order chi connectivity index (χ0) is 17.6. The molecule has 4 aromatic rings. The van der Waals surface area contributed by atoms with Crippen LogP contribution >= 0.6 is 0 Å². The molecule has 5 rings (SSSR count).